The van der Waals surface area contributed by atoms with Gasteiger partial charge in [0.25, 0.3) is 0 Å². The number of aliphatic carboxylic acids is 1. The van der Waals surface area contributed by atoms with Gasteiger partial charge in [-0.25, -0.2) is 4.79 Å². The van der Waals surface area contributed by atoms with Crippen molar-refractivity contribution < 1.29 is 56.2 Å². The van der Waals surface area contributed by atoms with Gasteiger partial charge >= 0.3 is 11.9 Å². The van der Waals surface area contributed by atoms with Gasteiger partial charge in [0.15, 0.2) is 0 Å². The molecule has 6 N–H and O–H groups in total. The summed E-state index contributed by atoms with van der Waals surface area (Å²) in [5.41, 5.74) is 3.50. The lowest BCUT2D eigenvalue weighted by molar-refractivity contribution is -0.938. The van der Waals surface area contributed by atoms with Crippen molar-refractivity contribution in [1.82, 2.24) is 0 Å². The average Bonchev–Trinajstić information content (AvgIpc) is 3.13. The molecule has 0 spiro atoms. The predicted octanol–water partition coefficient (Wildman–Crippen LogP) is -1.03. The fourth-order valence-electron chi connectivity index (χ4n) is 5.44. The van der Waals surface area contributed by atoms with Crippen LogP contribution < -0.4 is 22.7 Å². The van der Waals surface area contributed by atoms with Gasteiger partial charge in [0, 0.05) is 12.8 Å². The highest BCUT2D eigenvalue weighted by atomic mass is 79.9. The molecule has 208 valence electrons. The molecule has 37 heavy (non-hydrogen) atoms. The van der Waals surface area contributed by atoms with Crippen LogP contribution in [0.25, 0.3) is 0 Å². The first-order valence-electron chi connectivity index (χ1n) is 11.9. The maximum atomic E-state index is 13.1. The van der Waals surface area contributed by atoms with Gasteiger partial charge in [0.1, 0.15) is 36.4 Å². The number of fused-ring (bicyclic) bond motifs is 5. The number of carbonyl (C=O) groups excluding carboxylic acids is 1. The minimum atomic E-state index is -1.72. The highest BCUT2D eigenvalue weighted by Gasteiger charge is 2.71. The van der Waals surface area contributed by atoms with E-state index < -0.39 is 23.6 Å². The maximum absolute atomic E-state index is 13.1. The van der Waals surface area contributed by atoms with Gasteiger partial charge in [0.2, 0.25) is 5.60 Å². The third-order valence-corrected chi connectivity index (χ3v) is 9.36. The van der Waals surface area contributed by atoms with E-state index in [1.807, 2.05) is 36.7 Å². The molecular formula is C25H37BrN2O7S2. The number of aliphatic hydroxyl groups is 1. The number of piperidine rings is 1. The third-order valence-electron chi connectivity index (χ3n) is 7.41. The molecule has 5 rings (SSSR count). The van der Waals surface area contributed by atoms with E-state index in [9.17, 15) is 14.7 Å². The van der Waals surface area contributed by atoms with E-state index in [4.69, 9.17) is 20.3 Å². The van der Waals surface area contributed by atoms with Crippen LogP contribution in [-0.2, 0) is 24.7 Å². The molecule has 0 radical (unpaired) electrons. The first-order chi connectivity index (χ1) is 16.5. The van der Waals surface area contributed by atoms with Crippen LogP contribution in [0.15, 0.2) is 35.0 Å². The molecule has 5 heterocycles. The number of carbonyl (C=O) groups is 2. The number of hydrogen-bond donors (Lipinski definition) is 3. The molecule has 3 fully saturated rings. The molecule has 2 bridgehead atoms. The van der Waals surface area contributed by atoms with Gasteiger partial charge in [-0.05, 0) is 35.2 Å². The van der Waals surface area contributed by atoms with Crippen molar-refractivity contribution in [2.24, 2.45) is 11.7 Å². The number of nitrogens with zero attached hydrogens (tertiary/aromatic N) is 1. The summed E-state index contributed by atoms with van der Waals surface area (Å²) in [5.74, 6) is -1.12. The lowest BCUT2D eigenvalue weighted by atomic mass is 9.95. The smallest absolute Gasteiger partial charge is 0.349 e. The molecule has 6 atom stereocenters. The highest BCUT2D eigenvalue weighted by Crippen LogP contribution is 2.52. The Bertz CT molecular complexity index is 978. The number of esters is 1. The average molecular weight is 622 g/mol. The highest BCUT2D eigenvalue weighted by molar-refractivity contribution is 7.12. The van der Waals surface area contributed by atoms with Crippen molar-refractivity contribution >= 4 is 34.6 Å². The Balaban J connectivity index is 0.000000382. The van der Waals surface area contributed by atoms with E-state index in [0.717, 1.165) is 17.3 Å². The molecule has 2 aromatic heterocycles. The van der Waals surface area contributed by atoms with Gasteiger partial charge in [-0.15, -0.1) is 22.7 Å². The Morgan fingerprint density at radius 3 is 1.97 bits per heavy atom. The standard InChI is InChI=1S/C19H22NO4S2.C6H13NO2.BrH.H2O/c1-20(2)12-9-11(10-13(20)17-16(12)24-17)23-18(21)19(22,14-5-3-7-25-14)15-6-4-8-26-15;1-4(2)3-5(7)6(8)9;;/h3-8,11-13,16-17,22H,9-10H2,1-2H3;4-5H,3,7H2,1-2H3,(H,8,9);1H;1H2/q+1;;;/p-1/t11?,12-,13+,16-,17+;5-;;/m.0../s1. The molecule has 9 nitrogen and oxygen atoms in total. The number of hydrogen-bond acceptors (Lipinski definition) is 8. The van der Waals surface area contributed by atoms with E-state index in [2.05, 4.69) is 14.1 Å². The fourth-order valence-corrected chi connectivity index (χ4v) is 7.15. The normalized spacial score (nSPS) is 27.5. The van der Waals surface area contributed by atoms with Gasteiger partial charge in [-0.1, -0.05) is 26.0 Å². The molecule has 3 aliphatic rings. The minimum absolute atomic E-state index is 0. The quantitative estimate of drug-likeness (QED) is 0.203. The number of carboxylic acid groups (broad SMARTS) is 1. The lowest BCUT2D eigenvalue weighted by Crippen LogP contribution is -3.00. The molecule has 0 aliphatic carbocycles. The summed E-state index contributed by atoms with van der Waals surface area (Å²) in [6.45, 7) is 3.89. The predicted molar refractivity (Wildman–Crippen MR) is 138 cm³/mol. The number of rotatable bonds is 7. The van der Waals surface area contributed by atoms with Crippen molar-refractivity contribution in [3.05, 3.63) is 44.8 Å². The Kier molecular flexibility index (Phi) is 10.5. The summed E-state index contributed by atoms with van der Waals surface area (Å²) in [4.78, 5) is 24.4. The largest absolute Gasteiger partial charge is 1.00 e. The Morgan fingerprint density at radius 2 is 1.62 bits per heavy atom. The van der Waals surface area contributed by atoms with E-state index in [-0.39, 0.29) is 28.6 Å². The molecule has 1 unspecified atom stereocenters. The summed E-state index contributed by atoms with van der Waals surface area (Å²) in [6, 6.07) is 7.32. The molecule has 0 saturated carbocycles. The number of nitrogens with two attached hydrogens (primary N) is 1. The maximum Gasteiger partial charge on any atom is 0.349 e. The van der Waals surface area contributed by atoms with Crippen molar-refractivity contribution in [1.29, 1.82) is 0 Å². The number of carboxylic acids is 1. The number of thiophene rings is 2. The Hall–Kier alpha value is -1.38. The number of morpholine rings is 1. The number of quaternary nitrogens is 1. The van der Waals surface area contributed by atoms with Gasteiger partial charge in [0.05, 0.1) is 23.8 Å². The van der Waals surface area contributed by atoms with E-state index >= 15 is 0 Å². The Morgan fingerprint density at radius 1 is 1.14 bits per heavy atom. The van der Waals surface area contributed by atoms with Crippen LogP contribution in [0.5, 0.6) is 0 Å². The second-order valence-electron chi connectivity index (χ2n) is 10.6. The van der Waals surface area contributed by atoms with Crippen LogP contribution in [0, 0.1) is 5.92 Å². The molecule has 12 heteroatoms. The second-order valence-corrected chi connectivity index (χ2v) is 12.5. The van der Waals surface area contributed by atoms with Gasteiger partial charge in [-0.3, -0.25) is 4.79 Å². The van der Waals surface area contributed by atoms with Crippen molar-refractivity contribution in [3.63, 3.8) is 0 Å². The molecular weight excluding hydrogens is 584 g/mol. The van der Waals surface area contributed by atoms with E-state index in [0.29, 0.717) is 46.4 Å². The topological polar surface area (TPSA) is 154 Å². The van der Waals surface area contributed by atoms with Crippen LogP contribution >= 0.6 is 22.7 Å². The van der Waals surface area contributed by atoms with Crippen molar-refractivity contribution in [2.75, 3.05) is 14.1 Å². The summed E-state index contributed by atoms with van der Waals surface area (Å²) in [5, 5.41) is 23.4. The van der Waals surface area contributed by atoms with Crippen LogP contribution in [0.3, 0.4) is 0 Å². The number of ether oxygens (including phenoxy) is 2. The minimum Gasteiger partial charge on any atom is -1.00 e. The third kappa shape index (κ3) is 6.27. The number of halogens is 1. The van der Waals surface area contributed by atoms with Gasteiger partial charge < -0.3 is 52.4 Å². The van der Waals surface area contributed by atoms with Crippen molar-refractivity contribution in [3.8, 4) is 0 Å². The molecule has 3 saturated heterocycles. The zero-order valence-electron chi connectivity index (χ0n) is 21.4. The summed E-state index contributed by atoms with van der Waals surface area (Å²) in [6.07, 6.45) is 2.60. The SMILES string of the molecule is CC(C)C[C@H](N)C(=O)O.C[N+]1(C)[C@@H]2CC(OC(=O)C(O)(c3cccs3)c3cccs3)C[C@H]1[C@@H]1O[C@@H]12.O.[Br-]. The summed E-state index contributed by atoms with van der Waals surface area (Å²) >= 11 is 2.74. The first kappa shape index (κ1) is 31.8. The van der Waals surface area contributed by atoms with E-state index in [1.54, 1.807) is 12.1 Å². The molecule has 3 aliphatic heterocycles. The van der Waals surface area contributed by atoms with Crippen LogP contribution in [-0.4, -0.2) is 82.6 Å². The number of epoxide rings is 1. The molecule has 2 aromatic rings. The zero-order chi connectivity index (χ0) is 25.5. The van der Waals surface area contributed by atoms with Crippen LogP contribution in [0.2, 0.25) is 0 Å². The van der Waals surface area contributed by atoms with Crippen LogP contribution in [0.1, 0.15) is 42.9 Å². The molecule has 0 amide bonds. The Labute approximate surface area is 235 Å². The van der Waals surface area contributed by atoms with Crippen LogP contribution in [0.4, 0.5) is 0 Å². The number of likely N-dealkylation sites (N-methyl/N-ethyl adjacent to an activating group) is 1. The first-order valence-corrected chi connectivity index (χ1v) is 13.7. The zero-order valence-corrected chi connectivity index (χ0v) is 24.6. The fraction of sp³-hybridized carbons (Fsp3) is 0.600. The summed E-state index contributed by atoms with van der Waals surface area (Å²) < 4.78 is 12.6. The monoisotopic (exact) mass is 620 g/mol. The molecule has 0 aromatic carbocycles. The summed E-state index contributed by atoms with van der Waals surface area (Å²) in [7, 11) is 4.49. The second kappa shape index (κ2) is 12.2. The van der Waals surface area contributed by atoms with E-state index in [1.165, 1.54) is 22.7 Å². The lowest BCUT2D eigenvalue weighted by Gasteiger charge is -2.45. The van der Waals surface area contributed by atoms with Crippen molar-refractivity contribution in [2.45, 2.75) is 75.1 Å². The van der Waals surface area contributed by atoms with Gasteiger partial charge in [-0.2, -0.15) is 0 Å².